The van der Waals surface area contributed by atoms with Crippen molar-refractivity contribution in [3.63, 3.8) is 0 Å². The van der Waals surface area contributed by atoms with Crippen LogP contribution < -0.4 is 10.6 Å². The molecule has 20 heavy (non-hydrogen) atoms. The fraction of sp³-hybridized carbons (Fsp3) is 0.562. The molecule has 0 heterocycles. The largest absolute Gasteiger partial charge is 0.325 e. The van der Waals surface area contributed by atoms with E-state index in [2.05, 4.69) is 17.6 Å². The molecule has 1 aromatic carbocycles. The van der Waals surface area contributed by atoms with Crippen LogP contribution in [0.15, 0.2) is 24.3 Å². The Labute approximate surface area is 126 Å². The van der Waals surface area contributed by atoms with Crippen LogP contribution in [0, 0.1) is 5.92 Å². The van der Waals surface area contributed by atoms with Gasteiger partial charge >= 0.3 is 0 Å². The molecule has 3 atom stereocenters. The van der Waals surface area contributed by atoms with E-state index in [0.29, 0.717) is 17.0 Å². The Hall–Kier alpha value is -1.06. The lowest BCUT2D eigenvalue weighted by atomic mass is 9.85. The maximum absolute atomic E-state index is 12.2. The summed E-state index contributed by atoms with van der Waals surface area (Å²) in [4.78, 5) is 12.2. The molecule has 1 aliphatic rings. The van der Waals surface area contributed by atoms with Gasteiger partial charge in [0.25, 0.3) is 0 Å². The van der Waals surface area contributed by atoms with Crippen molar-refractivity contribution in [3.8, 4) is 0 Å². The SMILES string of the molecule is C[C@H](N[C@H]1CCCC[C@@H]1C)C(=O)Nc1cccc(Cl)c1. The van der Waals surface area contributed by atoms with Gasteiger partial charge in [-0.15, -0.1) is 0 Å². The molecule has 1 saturated carbocycles. The second kappa shape index (κ2) is 7.09. The van der Waals surface area contributed by atoms with E-state index >= 15 is 0 Å². The van der Waals surface area contributed by atoms with E-state index in [1.165, 1.54) is 19.3 Å². The first kappa shape index (κ1) is 15.3. The van der Waals surface area contributed by atoms with Crippen LogP contribution in [0.1, 0.15) is 39.5 Å². The molecule has 1 amide bonds. The van der Waals surface area contributed by atoms with Crippen molar-refractivity contribution in [2.75, 3.05) is 5.32 Å². The van der Waals surface area contributed by atoms with Gasteiger partial charge in [0, 0.05) is 16.8 Å². The summed E-state index contributed by atoms with van der Waals surface area (Å²) in [7, 11) is 0. The fourth-order valence-electron chi connectivity index (χ4n) is 2.78. The number of carbonyl (C=O) groups is 1. The monoisotopic (exact) mass is 294 g/mol. The van der Waals surface area contributed by atoms with E-state index in [9.17, 15) is 4.79 Å². The van der Waals surface area contributed by atoms with Gasteiger partial charge in [-0.25, -0.2) is 0 Å². The molecular weight excluding hydrogens is 272 g/mol. The molecule has 0 unspecified atom stereocenters. The average molecular weight is 295 g/mol. The molecule has 1 aliphatic carbocycles. The summed E-state index contributed by atoms with van der Waals surface area (Å²) >= 11 is 5.92. The lowest BCUT2D eigenvalue weighted by Crippen LogP contribution is -2.47. The standard InChI is InChI=1S/C16H23ClN2O/c1-11-6-3-4-9-15(11)18-12(2)16(20)19-14-8-5-7-13(17)10-14/h5,7-8,10-12,15,18H,3-4,6,9H2,1-2H3,(H,19,20)/t11-,12-,15-/m0/s1. The molecule has 1 aromatic rings. The number of nitrogens with one attached hydrogen (secondary N) is 2. The third kappa shape index (κ3) is 4.22. The number of rotatable bonds is 4. The minimum Gasteiger partial charge on any atom is -0.325 e. The van der Waals surface area contributed by atoms with Crippen molar-refractivity contribution in [1.29, 1.82) is 0 Å². The Morgan fingerprint density at radius 1 is 1.35 bits per heavy atom. The minimum atomic E-state index is -0.195. The van der Waals surface area contributed by atoms with Crippen molar-refractivity contribution < 1.29 is 4.79 Å². The number of anilines is 1. The zero-order valence-corrected chi connectivity index (χ0v) is 12.9. The minimum absolute atomic E-state index is 0.00922. The fourth-order valence-corrected chi connectivity index (χ4v) is 2.97. The van der Waals surface area contributed by atoms with Crippen LogP contribution in [0.2, 0.25) is 5.02 Å². The maximum Gasteiger partial charge on any atom is 0.241 e. The number of amides is 1. The average Bonchev–Trinajstić information content (AvgIpc) is 2.41. The van der Waals surface area contributed by atoms with Crippen LogP contribution in [0.3, 0.4) is 0 Å². The molecule has 2 rings (SSSR count). The van der Waals surface area contributed by atoms with E-state index in [0.717, 1.165) is 12.1 Å². The summed E-state index contributed by atoms with van der Waals surface area (Å²) in [5.74, 6) is 0.634. The van der Waals surface area contributed by atoms with E-state index in [1.54, 1.807) is 12.1 Å². The molecule has 0 aromatic heterocycles. The third-order valence-electron chi connectivity index (χ3n) is 4.06. The van der Waals surface area contributed by atoms with Crippen LogP contribution in [0.5, 0.6) is 0 Å². The molecule has 110 valence electrons. The van der Waals surface area contributed by atoms with E-state index in [4.69, 9.17) is 11.6 Å². The summed E-state index contributed by atoms with van der Waals surface area (Å²) in [5, 5.41) is 6.99. The highest BCUT2D eigenvalue weighted by molar-refractivity contribution is 6.30. The van der Waals surface area contributed by atoms with Crippen molar-refractivity contribution in [2.45, 2.75) is 51.6 Å². The molecule has 1 fully saturated rings. The predicted octanol–water partition coefficient (Wildman–Crippen LogP) is 3.84. The normalized spacial score (nSPS) is 24.1. The van der Waals surface area contributed by atoms with Crippen LogP contribution in [0.4, 0.5) is 5.69 Å². The molecule has 0 spiro atoms. The van der Waals surface area contributed by atoms with Crippen LogP contribution in [-0.2, 0) is 4.79 Å². The van der Waals surface area contributed by atoms with Gasteiger partial charge in [-0.3, -0.25) is 4.79 Å². The summed E-state index contributed by atoms with van der Waals surface area (Å²) in [6, 6.07) is 7.49. The van der Waals surface area contributed by atoms with Gasteiger partial charge in [-0.05, 0) is 43.9 Å². The molecule has 0 radical (unpaired) electrons. The van der Waals surface area contributed by atoms with Crippen molar-refractivity contribution >= 4 is 23.2 Å². The molecule has 2 N–H and O–H groups in total. The summed E-state index contributed by atoms with van der Waals surface area (Å²) in [6.07, 6.45) is 4.98. The van der Waals surface area contributed by atoms with E-state index in [1.807, 2.05) is 19.1 Å². The number of carbonyl (C=O) groups excluding carboxylic acids is 1. The smallest absolute Gasteiger partial charge is 0.241 e. The van der Waals surface area contributed by atoms with Gasteiger partial charge in [-0.2, -0.15) is 0 Å². The Bertz CT molecular complexity index is 464. The predicted molar refractivity (Wildman–Crippen MR) is 84.1 cm³/mol. The summed E-state index contributed by atoms with van der Waals surface area (Å²) in [5.41, 5.74) is 0.743. The number of hydrogen-bond acceptors (Lipinski definition) is 2. The second-order valence-electron chi connectivity index (χ2n) is 5.76. The van der Waals surface area contributed by atoms with Gasteiger partial charge < -0.3 is 10.6 Å². The zero-order chi connectivity index (χ0) is 14.5. The molecule has 0 bridgehead atoms. The van der Waals surface area contributed by atoms with Gasteiger partial charge in [0.15, 0.2) is 0 Å². The number of halogens is 1. The Balaban J connectivity index is 1.88. The molecular formula is C16H23ClN2O. The molecule has 4 heteroatoms. The summed E-state index contributed by atoms with van der Waals surface area (Å²) < 4.78 is 0. The first-order valence-electron chi connectivity index (χ1n) is 7.39. The lowest BCUT2D eigenvalue weighted by Gasteiger charge is -2.31. The van der Waals surface area contributed by atoms with Crippen molar-refractivity contribution in [2.24, 2.45) is 5.92 Å². The van der Waals surface area contributed by atoms with Crippen LogP contribution >= 0.6 is 11.6 Å². The van der Waals surface area contributed by atoms with Gasteiger partial charge in [0.1, 0.15) is 0 Å². The van der Waals surface area contributed by atoms with Crippen LogP contribution in [-0.4, -0.2) is 18.0 Å². The number of benzene rings is 1. The Kier molecular flexibility index (Phi) is 5.44. The first-order valence-corrected chi connectivity index (χ1v) is 7.76. The number of hydrogen-bond donors (Lipinski definition) is 2. The van der Waals surface area contributed by atoms with E-state index < -0.39 is 0 Å². The maximum atomic E-state index is 12.2. The third-order valence-corrected chi connectivity index (χ3v) is 4.30. The highest BCUT2D eigenvalue weighted by Crippen LogP contribution is 2.24. The highest BCUT2D eigenvalue weighted by Gasteiger charge is 2.24. The van der Waals surface area contributed by atoms with Crippen LogP contribution in [0.25, 0.3) is 0 Å². The quantitative estimate of drug-likeness (QED) is 0.886. The van der Waals surface area contributed by atoms with Gasteiger partial charge in [0.2, 0.25) is 5.91 Å². The summed E-state index contributed by atoms with van der Waals surface area (Å²) in [6.45, 7) is 4.18. The van der Waals surface area contributed by atoms with Gasteiger partial charge in [-0.1, -0.05) is 37.4 Å². The molecule has 0 aliphatic heterocycles. The molecule has 3 nitrogen and oxygen atoms in total. The zero-order valence-electron chi connectivity index (χ0n) is 12.2. The van der Waals surface area contributed by atoms with Crippen molar-refractivity contribution in [1.82, 2.24) is 5.32 Å². The van der Waals surface area contributed by atoms with Gasteiger partial charge in [0.05, 0.1) is 6.04 Å². The Morgan fingerprint density at radius 2 is 2.10 bits per heavy atom. The second-order valence-corrected chi connectivity index (χ2v) is 6.19. The topological polar surface area (TPSA) is 41.1 Å². The first-order chi connectivity index (χ1) is 9.56. The molecule has 0 saturated heterocycles. The van der Waals surface area contributed by atoms with E-state index in [-0.39, 0.29) is 11.9 Å². The van der Waals surface area contributed by atoms with Crippen molar-refractivity contribution in [3.05, 3.63) is 29.3 Å². The Morgan fingerprint density at radius 3 is 2.80 bits per heavy atom. The highest BCUT2D eigenvalue weighted by atomic mass is 35.5. The lowest BCUT2D eigenvalue weighted by molar-refractivity contribution is -0.118.